The molecule has 5 nitrogen and oxygen atoms in total. The summed E-state index contributed by atoms with van der Waals surface area (Å²) in [5.74, 6) is 0. The maximum absolute atomic E-state index is 11.8. The van der Waals surface area contributed by atoms with Gasteiger partial charge in [-0.1, -0.05) is 12.1 Å². The summed E-state index contributed by atoms with van der Waals surface area (Å²) >= 11 is 0. The summed E-state index contributed by atoms with van der Waals surface area (Å²) in [6.45, 7) is 3.93. The van der Waals surface area contributed by atoms with Crippen LogP contribution in [0.4, 0.5) is 5.69 Å². The van der Waals surface area contributed by atoms with Crippen molar-refractivity contribution in [1.29, 1.82) is 0 Å². The van der Waals surface area contributed by atoms with Gasteiger partial charge in [0.1, 0.15) is 4.90 Å². The van der Waals surface area contributed by atoms with Gasteiger partial charge in [-0.15, -0.1) is 0 Å². The Hall–Kier alpha value is -1.11. The maximum Gasteiger partial charge on any atom is 0.240 e. The number of nitrogens with one attached hydrogen (secondary N) is 1. The average Bonchev–Trinajstić information content (AvgIpc) is 2.47. The lowest BCUT2D eigenvalue weighted by atomic mass is 9.74. The molecule has 1 atom stereocenters. The van der Waals surface area contributed by atoms with Crippen LogP contribution in [-0.4, -0.2) is 34.6 Å². The number of primary sulfonamides is 1. The van der Waals surface area contributed by atoms with E-state index in [-0.39, 0.29) is 10.3 Å². The van der Waals surface area contributed by atoms with Gasteiger partial charge in [0.2, 0.25) is 10.0 Å². The minimum absolute atomic E-state index is 0.241. The molecule has 21 heavy (non-hydrogen) atoms. The number of nitrogens with two attached hydrogens (primary N) is 1. The van der Waals surface area contributed by atoms with Gasteiger partial charge in [0.15, 0.2) is 0 Å². The predicted octanol–water partition coefficient (Wildman–Crippen LogP) is 1.30. The summed E-state index contributed by atoms with van der Waals surface area (Å²) < 4.78 is 23.6. The lowest BCUT2D eigenvalue weighted by molar-refractivity contribution is 0.173. The normalized spacial score (nSPS) is 27.0. The molecule has 2 heterocycles. The van der Waals surface area contributed by atoms with Gasteiger partial charge in [0.05, 0.1) is 5.69 Å². The van der Waals surface area contributed by atoms with Crippen molar-refractivity contribution in [3.05, 3.63) is 24.3 Å². The zero-order chi connectivity index (χ0) is 14.9. The first-order chi connectivity index (χ1) is 10.0. The minimum atomic E-state index is -3.68. The van der Waals surface area contributed by atoms with Crippen LogP contribution in [0.3, 0.4) is 0 Å². The molecule has 3 rings (SSSR count). The molecule has 2 fully saturated rings. The minimum Gasteiger partial charge on any atom is -0.370 e. The summed E-state index contributed by atoms with van der Waals surface area (Å²) in [6.07, 6.45) is 4.73. The Labute approximate surface area is 126 Å². The van der Waals surface area contributed by atoms with E-state index in [1.54, 1.807) is 12.1 Å². The highest BCUT2D eigenvalue weighted by molar-refractivity contribution is 7.89. The molecule has 0 saturated carbocycles. The molecule has 0 aliphatic carbocycles. The summed E-state index contributed by atoms with van der Waals surface area (Å²) in [5, 5.41) is 8.86. The van der Waals surface area contributed by atoms with E-state index in [0.717, 1.165) is 38.3 Å². The number of benzene rings is 1. The van der Waals surface area contributed by atoms with Gasteiger partial charge in [-0.2, -0.15) is 0 Å². The van der Waals surface area contributed by atoms with Crippen LogP contribution in [-0.2, 0) is 10.0 Å². The molecule has 116 valence electrons. The topological polar surface area (TPSA) is 75.4 Å². The van der Waals surface area contributed by atoms with E-state index in [4.69, 9.17) is 5.14 Å². The molecule has 0 radical (unpaired) electrons. The van der Waals surface area contributed by atoms with Gasteiger partial charge >= 0.3 is 0 Å². The maximum atomic E-state index is 11.8. The van der Waals surface area contributed by atoms with Gasteiger partial charge in [0, 0.05) is 25.0 Å². The fourth-order valence-corrected chi connectivity index (χ4v) is 4.51. The van der Waals surface area contributed by atoms with Gasteiger partial charge in [-0.25, -0.2) is 13.6 Å². The van der Waals surface area contributed by atoms with Crippen molar-refractivity contribution in [2.75, 3.05) is 31.1 Å². The van der Waals surface area contributed by atoms with E-state index in [2.05, 4.69) is 10.2 Å². The molecule has 1 spiro atoms. The number of para-hydroxylation sites is 1. The fourth-order valence-electron chi connectivity index (χ4n) is 3.75. The standard InChI is InChI=1S/C15H23N3O2S/c16-21(19,20)14-6-2-1-5-13(14)18-10-4-8-15(12-18)7-3-9-17-11-15/h1-2,5-6,17H,3-4,7-12H2,(H2,16,19,20). The van der Waals surface area contributed by atoms with Crippen molar-refractivity contribution in [2.24, 2.45) is 10.6 Å². The second kappa shape index (κ2) is 5.59. The van der Waals surface area contributed by atoms with Crippen LogP contribution < -0.4 is 15.4 Å². The highest BCUT2D eigenvalue weighted by Crippen LogP contribution is 2.38. The third-order valence-electron chi connectivity index (χ3n) is 4.73. The molecule has 0 bridgehead atoms. The first kappa shape index (κ1) is 14.8. The Kier molecular flexibility index (Phi) is 3.94. The highest BCUT2D eigenvalue weighted by atomic mass is 32.2. The monoisotopic (exact) mass is 309 g/mol. The Morgan fingerprint density at radius 3 is 2.67 bits per heavy atom. The van der Waals surface area contributed by atoms with E-state index >= 15 is 0 Å². The first-order valence-corrected chi connectivity index (χ1v) is 9.12. The zero-order valence-corrected chi connectivity index (χ0v) is 13.0. The van der Waals surface area contributed by atoms with Crippen LogP contribution in [0.15, 0.2) is 29.2 Å². The number of hydrogen-bond donors (Lipinski definition) is 2. The van der Waals surface area contributed by atoms with Crippen LogP contribution in [0.25, 0.3) is 0 Å². The molecule has 2 saturated heterocycles. The van der Waals surface area contributed by atoms with Crippen molar-refractivity contribution in [2.45, 2.75) is 30.6 Å². The summed E-state index contributed by atoms with van der Waals surface area (Å²) in [7, 11) is -3.68. The summed E-state index contributed by atoms with van der Waals surface area (Å²) in [4.78, 5) is 2.45. The second-order valence-corrected chi connectivity index (χ2v) is 7.85. The molecule has 2 aliphatic rings. The molecule has 1 aromatic carbocycles. The van der Waals surface area contributed by atoms with Crippen molar-refractivity contribution in [3.8, 4) is 0 Å². The highest BCUT2D eigenvalue weighted by Gasteiger charge is 2.37. The SMILES string of the molecule is NS(=O)(=O)c1ccccc1N1CCCC2(CCCNC2)C1. The van der Waals surface area contributed by atoms with Crippen LogP contribution >= 0.6 is 0 Å². The third-order valence-corrected chi connectivity index (χ3v) is 5.69. The number of hydrogen-bond acceptors (Lipinski definition) is 4. The van der Waals surface area contributed by atoms with E-state index in [1.165, 1.54) is 19.3 Å². The van der Waals surface area contributed by atoms with E-state index in [0.29, 0.717) is 0 Å². The molecule has 2 aliphatic heterocycles. The molecule has 0 amide bonds. The van der Waals surface area contributed by atoms with Crippen LogP contribution in [0.1, 0.15) is 25.7 Å². The largest absolute Gasteiger partial charge is 0.370 e. The lowest BCUT2D eigenvalue weighted by Gasteiger charge is -2.46. The smallest absolute Gasteiger partial charge is 0.240 e. The Morgan fingerprint density at radius 2 is 1.95 bits per heavy atom. The molecular weight excluding hydrogens is 286 g/mol. The number of anilines is 1. The average molecular weight is 309 g/mol. The molecule has 0 aromatic heterocycles. The van der Waals surface area contributed by atoms with Gasteiger partial charge < -0.3 is 10.2 Å². The Bertz CT molecular complexity index is 604. The summed E-state index contributed by atoms with van der Waals surface area (Å²) in [5.41, 5.74) is 1.03. The Morgan fingerprint density at radius 1 is 1.19 bits per heavy atom. The van der Waals surface area contributed by atoms with Crippen molar-refractivity contribution in [1.82, 2.24) is 5.32 Å². The van der Waals surface area contributed by atoms with Crippen molar-refractivity contribution < 1.29 is 8.42 Å². The van der Waals surface area contributed by atoms with E-state index < -0.39 is 10.0 Å². The Balaban J connectivity index is 1.90. The van der Waals surface area contributed by atoms with Crippen LogP contribution in [0.2, 0.25) is 0 Å². The molecule has 3 N–H and O–H groups in total. The molecular formula is C15H23N3O2S. The van der Waals surface area contributed by atoms with Gasteiger partial charge in [0.25, 0.3) is 0 Å². The van der Waals surface area contributed by atoms with Crippen molar-refractivity contribution in [3.63, 3.8) is 0 Å². The zero-order valence-electron chi connectivity index (χ0n) is 12.2. The quantitative estimate of drug-likeness (QED) is 0.863. The first-order valence-electron chi connectivity index (χ1n) is 7.58. The lowest BCUT2D eigenvalue weighted by Crippen LogP contribution is -2.51. The number of nitrogens with zero attached hydrogens (tertiary/aromatic N) is 1. The van der Waals surface area contributed by atoms with Gasteiger partial charge in [-0.3, -0.25) is 0 Å². The number of piperidine rings is 2. The van der Waals surface area contributed by atoms with Gasteiger partial charge in [-0.05, 0) is 44.4 Å². The fraction of sp³-hybridized carbons (Fsp3) is 0.600. The summed E-state index contributed by atoms with van der Waals surface area (Å²) in [6, 6.07) is 7.08. The van der Waals surface area contributed by atoms with Crippen molar-refractivity contribution >= 4 is 15.7 Å². The predicted molar refractivity (Wildman–Crippen MR) is 83.8 cm³/mol. The number of rotatable bonds is 2. The van der Waals surface area contributed by atoms with Crippen LogP contribution in [0.5, 0.6) is 0 Å². The van der Waals surface area contributed by atoms with E-state index in [1.807, 2.05) is 12.1 Å². The third kappa shape index (κ3) is 3.07. The second-order valence-electron chi connectivity index (χ2n) is 6.32. The molecule has 6 heteroatoms. The van der Waals surface area contributed by atoms with Crippen LogP contribution in [0, 0.1) is 5.41 Å². The molecule has 1 unspecified atom stereocenters. The molecule has 1 aromatic rings. The van der Waals surface area contributed by atoms with E-state index in [9.17, 15) is 8.42 Å². The number of sulfonamides is 1.